The summed E-state index contributed by atoms with van der Waals surface area (Å²) in [5, 5.41) is 0. The highest BCUT2D eigenvalue weighted by molar-refractivity contribution is 5.77. The van der Waals surface area contributed by atoms with Crippen molar-refractivity contribution in [2.45, 2.75) is 0 Å². The van der Waals surface area contributed by atoms with Crippen molar-refractivity contribution in [2.75, 3.05) is 0 Å². The lowest BCUT2D eigenvalue weighted by Crippen LogP contribution is -1.95. The number of halogens is 3. The Kier molecular flexibility index (Phi) is 2.91. The molecule has 0 aliphatic heterocycles. The van der Waals surface area contributed by atoms with Crippen molar-refractivity contribution in [2.24, 2.45) is 0 Å². The van der Waals surface area contributed by atoms with Crippen molar-refractivity contribution in [3.05, 3.63) is 53.5 Å². The van der Waals surface area contributed by atoms with Crippen LogP contribution in [-0.2, 0) is 0 Å². The second-order valence-electron chi connectivity index (χ2n) is 3.33. The van der Waals surface area contributed by atoms with Gasteiger partial charge >= 0.3 is 0 Å². The molecule has 0 N–H and O–H groups in total. The largest absolute Gasteiger partial charge is 0.298 e. The van der Waals surface area contributed by atoms with Crippen molar-refractivity contribution < 1.29 is 18.0 Å². The van der Waals surface area contributed by atoms with Gasteiger partial charge in [-0.2, -0.15) is 4.39 Å². The summed E-state index contributed by atoms with van der Waals surface area (Å²) in [6.07, 6.45) is 0.408. The number of aromatic nitrogens is 1. The minimum atomic E-state index is -1.12. The zero-order chi connectivity index (χ0) is 12.4. The lowest BCUT2D eigenvalue weighted by Gasteiger charge is -2.04. The van der Waals surface area contributed by atoms with Crippen molar-refractivity contribution in [1.29, 1.82) is 0 Å². The average molecular weight is 237 g/mol. The molecular weight excluding hydrogens is 231 g/mol. The van der Waals surface area contributed by atoms with Gasteiger partial charge in [0.1, 0.15) is 6.29 Å². The summed E-state index contributed by atoms with van der Waals surface area (Å²) in [5.41, 5.74) is -0.298. The molecule has 0 unspecified atom stereocenters. The molecule has 0 radical (unpaired) electrons. The van der Waals surface area contributed by atoms with E-state index in [4.69, 9.17) is 0 Å². The molecule has 0 atom stereocenters. The lowest BCUT2D eigenvalue weighted by molar-refractivity contribution is 0.112. The van der Waals surface area contributed by atoms with Gasteiger partial charge in [-0.15, -0.1) is 0 Å². The fraction of sp³-hybridized carbons (Fsp3) is 0. The second kappa shape index (κ2) is 4.37. The third kappa shape index (κ3) is 2.18. The molecule has 0 amide bonds. The highest BCUT2D eigenvalue weighted by atomic mass is 19.2. The highest BCUT2D eigenvalue weighted by Crippen LogP contribution is 2.23. The van der Waals surface area contributed by atoms with Crippen LogP contribution in [0.25, 0.3) is 11.3 Å². The molecule has 17 heavy (non-hydrogen) atoms. The smallest absolute Gasteiger partial charge is 0.214 e. The number of benzene rings is 1. The standard InChI is InChI=1S/C12H6F3NO/c13-9-3-1-2-8(12(9)15)10-4-7(6-17)5-11(14)16-10/h1-6H. The topological polar surface area (TPSA) is 30.0 Å². The van der Waals surface area contributed by atoms with Crippen LogP contribution in [0.2, 0.25) is 0 Å². The Morgan fingerprint density at radius 2 is 1.88 bits per heavy atom. The molecule has 1 aromatic heterocycles. The van der Waals surface area contributed by atoms with Crippen LogP contribution < -0.4 is 0 Å². The first-order valence-corrected chi connectivity index (χ1v) is 4.69. The Morgan fingerprint density at radius 3 is 2.59 bits per heavy atom. The number of hydrogen-bond donors (Lipinski definition) is 0. The summed E-state index contributed by atoms with van der Waals surface area (Å²) in [4.78, 5) is 14.0. The summed E-state index contributed by atoms with van der Waals surface area (Å²) in [5.74, 6) is -3.10. The molecular formula is C12H6F3NO. The van der Waals surface area contributed by atoms with E-state index in [0.717, 1.165) is 12.1 Å². The van der Waals surface area contributed by atoms with E-state index in [9.17, 15) is 18.0 Å². The zero-order valence-corrected chi connectivity index (χ0v) is 8.45. The van der Waals surface area contributed by atoms with Crippen LogP contribution in [0.1, 0.15) is 10.4 Å². The Bertz CT molecular complexity index is 584. The normalized spacial score (nSPS) is 10.3. The van der Waals surface area contributed by atoms with E-state index in [1.165, 1.54) is 18.2 Å². The number of rotatable bonds is 2. The van der Waals surface area contributed by atoms with E-state index >= 15 is 0 Å². The first-order valence-electron chi connectivity index (χ1n) is 4.69. The van der Waals surface area contributed by atoms with E-state index in [1.54, 1.807) is 0 Å². The summed E-state index contributed by atoms with van der Waals surface area (Å²) in [6.45, 7) is 0. The molecule has 2 nitrogen and oxygen atoms in total. The molecule has 0 saturated carbocycles. The minimum Gasteiger partial charge on any atom is -0.298 e. The van der Waals surface area contributed by atoms with E-state index in [0.29, 0.717) is 6.29 Å². The first-order chi connectivity index (χ1) is 8.11. The van der Waals surface area contributed by atoms with Gasteiger partial charge in [-0.3, -0.25) is 4.79 Å². The minimum absolute atomic E-state index is 0.0103. The van der Waals surface area contributed by atoms with Gasteiger partial charge in [-0.1, -0.05) is 6.07 Å². The third-order valence-corrected chi connectivity index (χ3v) is 2.18. The molecule has 0 bridgehead atoms. The summed E-state index contributed by atoms with van der Waals surface area (Å²) < 4.78 is 39.5. The van der Waals surface area contributed by atoms with Crippen LogP contribution in [0, 0.1) is 17.6 Å². The molecule has 0 fully saturated rings. The van der Waals surface area contributed by atoms with Gasteiger partial charge in [0, 0.05) is 17.2 Å². The van der Waals surface area contributed by atoms with E-state index in [1.807, 2.05) is 0 Å². The van der Waals surface area contributed by atoms with E-state index in [-0.39, 0.29) is 16.8 Å². The van der Waals surface area contributed by atoms with E-state index in [2.05, 4.69) is 4.98 Å². The predicted octanol–water partition coefficient (Wildman–Crippen LogP) is 2.98. The van der Waals surface area contributed by atoms with Crippen molar-refractivity contribution in [1.82, 2.24) is 4.98 Å². The molecule has 1 heterocycles. The Balaban J connectivity index is 2.64. The average Bonchev–Trinajstić information content (AvgIpc) is 2.31. The number of carbonyl (C=O) groups excluding carboxylic acids is 1. The maximum atomic E-state index is 13.4. The predicted molar refractivity (Wildman–Crippen MR) is 54.9 cm³/mol. The Morgan fingerprint density at radius 1 is 1.12 bits per heavy atom. The maximum absolute atomic E-state index is 13.4. The summed E-state index contributed by atoms with van der Waals surface area (Å²) in [6, 6.07) is 5.58. The molecule has 86 valence electrons. The van der Waals surface area contributed by atoms with Crippen LogP contribution >= 0.6 is 0 Å². The van der Waals surface area contributed by atoms with Crippen molar-refractivity contribution in [3.8, 4) is 11.3 Å². The molecule has 2 aromatic rings. The van der Waals surface area contributed by atoms with Crippen molar-refractivity contribution >= 4 is 6.29 Å². The van der Waals surface area contributed by atoms with Crippen molar-refractivity contribution in [3.63, 3.8) is 0 Å². The molecule has 0 spiro atoms. The Hall–Kier alpha value is -2.17. The van der Waals surface area contributed by atoms with Crippen LogP contribution in [0.3, 0.4) is 0 Å². The molecule has 0 aliphatic carbocycles. The number of carbonyl (C=O) groups is 1. The third-order valence-electron chi connectivity index (χ3n) is 2.18. The van der Waals surface area contributed by atoms with Crippen LogP contribution in [0.15, 0.2) is 30.3 Å². The van der Waals surface area contributed by atoms with Crippen LogP contribution in [0.5, 0.6) is 0 Å². The fourth-order valence-electron chi connectivity index (χ4n) is 1.42. The van der Waals surface area contributed by atoms with Gasteiger partial charge in [0.15, 0.2) is 11.6 Å². The van der Waals surface area contributed by atoms with Gasteiger partial charge in [-0.05, 0) is 18.2 Å². The molecule has 1 aromatic carbocycles. The number of pyridine rings is 1. The Labute approximate surface area is 94.7 Å². The first kappa shape index (κ1) is 11.3. The number of hydrogen-bond acceptors (Lipinski definition) is 2. The molecule has 0 saturated heterocycles. The highest BCUT2D eigenvalue weighted by Gasteiger charge is 2.12. The van der Waals surface area contributed by atoms with Gasteiger partial charge < -0.3 is 0 Å². The van der Waals surface area contributed by atoms with Gasteiger partial charge in [0.25, 0.3) is 0 Å². The molecule has 0 aliphatic rings. The number of aldehydes is 1. The molecule has 2 rings (SSSR count). The second-order valence-corrected chi connectivity index (χ2v) is 3.33. The van der Waals surface area contributed by atoms with Gasteiger partial charge in [-0.25, -0.2) is 13.8 Å². The molecule has 5 heteroatoms. The van der Waals surface area contributed by atoms with Gasteiger partial charge in [0.05, 0.1) is 5.69 Å². The maximum Gasteiger partial charge on any atom is 0.214 e. The van der Waals surface area contributed by atoms with E-state index < -0.39 is 17.6 Å². The zero-order valence-electron chi connectivity index (χ0n) is 8.45. The van der Waals surface area contributed by atoms with Crippen LogP contribution in [-0.4, -0.2) is 11.3 Å². The van der Waals surface area contributed by atoms with Gasteiger partial charge in [0.2, 0.25) is 5.95 Å². The summed E-state index contributed by atoms with van der Waals surface area (Å²) in [7, 11) is 0. The fourth-order valence-corrected chi connectivity index (χ4v) is 1.42. The quantitative estimate of drug-likeness (QED) is 0.593. The lowest BCUT2D eigenvalue weighted by atomic mass is 10.1. The SMILES string of the molecule is O=Cc1cc(F)nc(-c2cccc(F)c2F)c1. The number of nitrogens with zero attached hydrogens (tertiary/aromatic N) is 1. The monoisotopic (exact) mass is 237 g/mol. The summed E-state index contributed by atoms with van der Waals surface area (Å²) >= 11 is 0. The van der Waals surface area contributed by atoms with Crippen LogP contribution in [0.4, 0.5) is 13.2 Å².